The van der Waals surface area contributed by atoms with Gasteiger partial charge in [0.15, 0.2) is 0 Å². The highest BCUT2D eigenvalue weighted by molar-refractivity contribution is 5.95. The molecule has 1 N–H and O–H groups in total. The van der Waals surface area contributed by atoms with E-state index in [1.807, 2.05) is 19.1 Å². The Hall–Kier alpha value is -2.29. The highest BCUT2D eigenvalue weighted by Gasteiger charge is 2.47. The molecule has 3 nitrogen and oxygen atoms in total. The van der Waals surface area contributed by atoms with E-state index in [-0.39, 0.29) is 11.9 Å². The van der Waals surface area contributed by atoms with Gasteiger partial charge < -0.3 is 10.2 Å². The maximum atomic E-state index is 12.8. The summed E-state index contributed by atoms with van der Waals surface area (Å²) in [4.78, 5) is 14.9. The van der Waals surface area contributed by atoms with Gasteiger partial charge in [-0.15, -0.1) is 0 Å². The molecule has 2 aliphatic rings. The van der Waals surface area contributed by atoms with Gasteiger partial charge >= 0.3 is 0 Å². The van der Waals surface area contributed by atoms with E-state index < -0.39 is 0 Å². The van der Waals surface area contributed by atoms with Crippen LogP contribution in [0.3, 0.4) is 0 Å². The SMILES string of the molecule is CCC(=O)N1c2ccccc2[C@H](Nc2ccccc2)[C@@H](C)[C@@H]1C1CC1. The largest absolute Gasteiger partial charge is 0.378 e. The van der Waals surface area contributed by atoms with Crippen molar-refractivity contribution in [2.45, 2.75) is 45.2 Å². The molecule has 1 fully saturated rings. The number of carbonyl (C=O) groups excluding carboxylic acids is 1. The van der Waals surface area contributed by atoms with Crippen molar-refractivity contribution in [1.29, 1.82) is 0 Å². The van der Waals surface area contributed by atoms with E-state index in [9.17, 15) is 4.79 Å². The first-order chi connectivity index (χ1) is 12.2. The first kappa shape index (κ1) is 16.2. The highest BCUT2D eigenvalue weighted by atomic mass is 16.2. The lowest BCUT2D eigenvalue weighted by Gasteiger charge is -2.46. The van der Waals surface area contributed by atoms with Crippen LogP contribution >= 0.6 is 0 Å². The molecule has 1 heterocycles. The van der Waals surface area contributed by atoms with Gasteiger partial charge in [-0.2, -0.15) is 0 Å². The molecule has 3 heteroatoms. The number of para-hydroxylation sites is 2. The molecule has 1 saturated carbocycles. The third-order valence-electron chi connectivity index (χ3n) is 5.67. The van der Waals surface area contributed by atoms with Crippen LogP contribution < -0.4 is 10.2 Å². The molecule has 2 aromatic rings. The van der Waals surface area contributed by atoms with E-state index in [4.69, 9.17) is 0 Å². The standard InChI is InChI=1S/C22H26N2O/c1-3-20(25)24-19-12-8-7-11-18(19)21(15(2)22(24)16-13-14-16)23-17-9-5-4-6-10-17/h4-12,15-16,21-23H,3,13-14H2,1-2H3/t15-,21-,22-/m1/s1. The molecular formula is C22H26N2O. The van der Waals surface area contributed by atoms with E-state index in [0.717, 1.165) is 11.4 Å². The number of nitrogens with one attached hydrogen (secondary N) is 1. The quantitative estimate of drug-likeness (QED) is 0.852. The summed E-state index contributed by atoms with van der Waals surface area (Å²) in [7, 11) is 0. The van der Waals surface area contributed by atoms with Gasteiger partial charge in [-0.25, -0.2) is 0 Å². The van der Waals surface area contributed by atoms with Crippen LogP contribution in [0.4, 0.5) is 11.4 Å². The normalized spacial score (nSPS) is 25.4. The minimum Gasteiger partial charge on any atom is -0.378 e. The van der Waals surface area contributed by atoms with Crippen LogP contribution in [-0.4, -0.2) is 11.9 Å². The van der Waals surface area contributed by atoms with Gasteiger partial charge in [0, 0.05) is 29.8 Å². The lowest BCUT2D eigenvalue weighted by molar-refractivity contribution is -0.119. The number of fused-ring (bicyclic) bond motifs is 1. The molecule has 130 valence electrons. The van der Waals surface area contributed by atoms with E-state index in [1.54, 1.807) is 0 Å². The van der Waals surface area contributed by atoms with Crippen LogP contribution in [0.25, 0.3) is 0 Å². The summed E-state index contributed by atoms with van der Waals surface area (Å²) in [6, 6.07) is 19.3. The predicted octanol–water partition coefficient (Wildman–Crippen LogP) is 5.01. The average Bonchev–Trinajstić information content (AvgIpc) is 3.48. The number of nitrogens with zero attached hydrogens (tertiary/aromatic N) is 1. The summed E-state index contributed by atoms with van der Waals surface area (Å²) >= 11 is 0. The van der Waals surface area contributed by atoms with Crippen LogP contribution in [-0.2, 0) is 4.79 Å². The minimum atomic E-state index is 0.227. The molecule has 2 aromatic carbocycles. The number of rotatable bonds is 4. The number of amides is 1. The van der Waals surface area contributed by atoms with Gasteiger partial charge in [0.25, 0.3) is 0 Å². The van der Waals surface area contributed by atoms with Crippen molar-refractivity contribution >= 4 is 17.3 Å². The van der Waals surface area contributed by atoms with E-state index in [1.165, 1.54) is 18.4 Å². The fourth-order valence-corrected chi connectivity index (χ4v) is 4.32. The van der Waals surface area contributed by atoms with Gasteiger partial charge in [0.05, 0.1) is 6.04 Å². The number of hydrogen-bond donors (Lipinski definition) is 1. The van der Waals surface area contributed by atoms with Crippen LogP contribution in [0.1, 0.15) is 44.7 Å². The zero-order chi connectivity index (χ0) is 17.4. The molecule has 0 spiro atoms. The van der Waals surface area contributed by atoms with Gasteiger partial charge in [0.1, 0.15) is 0 Å². The minimum absolute atomic E-state index is 0.227. The zero-order valence-corrected chi connectivity index (χ0v) is 15.0. The number of carbonyl (C=O) groups is 1. The molecule has 0 saturated heterocycles. The molecule has 1 aliphatic heterocycles. The molecule has 25 heavy (non-hydrogen) atoms. The summed E-state index contributed by atoms with van der Waals surface area (Å²) in [5, 5.41) is 3.74. The second-order valence-electron chi connectivity index (χ2n) is 7.35. The van der Waals surface area contributed by atoms with Crippen LogP contribution in [0.15, 0.2) is 54.6 Å². The molecule has 0 radical (unpaired) electrons. The number of benzene rings is 2. The summed E-state index contributed by atoms with van der Waals surface area (Å²) in [6.45, 7) is 4.27. The first-order valence-corrected chi connectivity index (χ1v) is 9.43. The van der Waals surface area contributed by atoms with Crippen molar-refractivity contribution in [3.63, 3.8) is 0 Å². The zero-order valence-electron chi connectivity index (χ0n) is 15.0. The Balaban J connectivity index is 1.77. The van der Waals surface area contributed by atoms with Gasteiger partial charge in [-0.05, 0) is 42.5 Å². The third-order valence-corrected chi connectivity index (χ3v) is 5.67. The third kappa shape index (κ3) is 2.92. The van der Waals surface area contributed by atoms with Gasteiger partial charge in [-0.1, -0.05) is 50.2 Å². The van der Waals surface area contributed by atoms with Crippen LogP contribution in [0, 0.1) is 11.8 Å². The summed E-state index contributed by atoms with van der Waals surface area (Å²) < 4.78 is 0. The summed E-state index contributed by atoms with van der Waals surface area (Å²) in [5.74, 6) is 1.26. The Morgan fingerprint density at radius 1 is 1.08 bits per heavy atom. The van der Waals surface area contributed by atoms with E-state index in [0.29, 0.717) is 24.3 Å². The monoisotopic (exact) mass is 334 g/mol. The Morgan fingerprint density at radius 3 is 2.44 bits per heavy atom. The number of anilines is 2. The maximum absolute atomic E-state index is 12.8. The lowest BCUT2D eigenvalue weighted by Crippen LogP contribution is -2.51. The molecule has 1 amide bonds. The van der Waals surface area contributed by atoms with Crippen molar-refractivity contribution in [2.75, 3.05) is 10.2 Å². The molecule has 0 unspecified atom stereocenters. The van der Waals surface area contributed by atoms with Crippen molar-refractivity contribution in [3.05, 3.63) is 60.2 Å². The van der Waals surface area contributed by atoms with Crippen molar-refractivity contribution in [3.8, 4) is 0 Å². The summed E-state index contributed by atoms with van der Waals surface area (Å²) in [5.41, 5.74) is 3.47. The Bertz CT molecular complexity index is 754. The molecule has 1 aliphatic carbocycles. The topological polar surface area (TPSA) is 32.3 Å². The van der Waals surface area contributed by atoms with Crippen molar-refractivity contribution in [2.24, 2.45) is 11.8 Å². The average molecular weight is 334 g/mol. The van der Waals surface area contributed by atoms with Gasteiger partial charge in [0.2, 0.25) is 5.91 Å². The molecule has 3 atom stereocenters. The summed E-state index contributed by atoms with van der Waals surface area (Å²) in [6.07, 6.45) is 3.03. The molecule has 4 rings (SSSR count). The van der Waals surface area contributed by atoms with Gasteiger partial charge in [-0.3, -0.25) is 4.79 Å². The predicted molar refractivity (Wildman–Crippen MR) is 103 cm³/mol. The Morgan fingerprint density at radius 2 is 1.76 bits per heavy atom. The number of hydrogen-bond acceptors (Lipinski definition) is 2. The maximum Gasteiger partial charge on any atom is 0.226 e. The smallest absolute Gasteiger partial charge is 0.226 e. The van der Waals surface area contributed by atoms with Crippen LogP contribution in [0.2, 0.25) is 0 Å². The van der Waals surface area contributed by atoms with Crippen molar-refractivity contribution in [1.82, 2.24) is 0 Å². The fraction of sp³-hybridized carbons (Fsp3) is 0.409. The van der Waals surface area contributed by atoms with Crippen LogP contribution in [0.5, 0.6) is 0 Å². The van der Waals surface area contributed by atoms with E-state index in [2.05, 4.69) is 59.6 Å². The Kier molecular flexibility index (Phi) is 4.24. The molecule has 0 aromatic heterocycles. The van der Waals surface area contributed by atoms with Crippen molar-refractivity contribution < 1.29 is 4.79 Å². The van der Waals surface area contributed by atoms with E-state index >= 15 is 0 Å². The molecular weight excluding hydrogens is 308 g/mol. The molecule has 0 bridgehead atoms. The second kappa shape index (κ2) is 6.55. The second-order valence-corrected chi connectivity index (χ2v) is 7.35. The lowest BCUT2D eigenvalue weighted by atomic mass is 9.79. The Labute approximate surface area is 150 Å². The first-order valence-electron chi connectivity index (χ1n) is 9.43. The fourth-order valence-electron chi connectivity index (χ4n) is 4.32. The highest BCUT2D eigenvalue weighted by Crippen LogP contribution is 2.50.